The van der Waals surface area contributed by atoms with Crippen LogP contribution in [-0.4, -0.2) is 23.8 Å². The summed E-state index contributed by atoms with van der Waals surface area (Å²) in [6, 6.07) is 12.3. The zero-order valence-electron chi connectivity index (χ0n) is 14.3. The minimum atomic E-state index is -0.170. The predicted octanol–water partition coefficient (Wildman–Crippen LogP) is 4.71. The molecule has 25 heavy (non-hydrogen) atoms. The molecular weight excluding hydrogens is 359 g/mol. The van der Waals surface area contributed by atoms with Crippen molar-refractivity contribution in [3.8, 4) is 0 Å². The normalized spacial score (nSPS) is 11.7. The van der Waals surface area contributed by atoms with Crippen LogP contribution in [-0.2, 0) is 16.0 Å². The maximum atomic E-state index is 12.6. The molecule has 2 aromatic carbocycles. The van der Waals surface area contributed by atoms with Crippen LogP contribution in [0.5, 0.6) is 0 Å². The highest BCUT2D eigenvalue weighted by Gasteiger charge is 2.19. The van der Waals surface area contributed by atoms with Gasteiger partial charge in [-0.1, -0.05) is 41.4 Å². The second kappa shape index (κ2) is 8.37. The molecule has 1 unspecified atom stereocenters. The zero-order chi connectivity index (χ0) is 18.6. The number of rotatable bonds is 5. The number of nitrogens with zero attached hydrogens (tertiary/aromatic N) is 1. The van der Waals surface area contributed by atoms with Crippen molar-refractivity contribution in [3.63, 3.8) is 0 Å². The number of carbonyl (C=O) groups is 2. The molecule has 1 N–H and O–H groups in total. The largest absolute Gasteiger partial charge is 0.339 e. The van der Waals surface area contributed by atoms with Crippen molar-refractivity contribution in [1.29, 1.82) is 0 Å². The molecular formula is C19H20Cl2N2O2. The van der Waals surface area contributed by atoms with Gasteiger partial charge in [0.1, 0.15) is 0 Å². The Morgan fingerprint density at radius 2 is 1.76 bits per heavy atom. The highest BCUT2D eigenvalue weighted by Crippen LogP contribution is 2.29. The predicted molar refractivity (Wildman–Crippen MR) is 102 cm³/mol. The van der Waals surface area contributed by atoms with Crippen LogP contribution in [0.15, 0.2) is 42.5 Å². The summed E-state index contributed by atoms with van der Waals surface area (Å²) >= 11 is 12.2. The maximum Gasteiger partial charge on any atom is 0.227 e. The number of benzene rings is 2. The molecule has 0 spiro atoms. The Bertz CT molecular complexity index is 775. The molecule has 2 aromatic rings. The van der Waals surface area contributed by atoms with Gasteiger partial charge in [-0.15, -0.1) is 0 Å². The Kier molecular flexibility index (Phi) is 6.45. The molecule has 0 aliphatic carbocycles. The van der Waals surface area contributed by atoms with Crippen molar-refractivity contribution >= 4 is 40.7 Å². The lowest BCUT2D eigenvalue weighted by Crippen LogP contribution is -2.31. The van der Waals surface area contributed by atoms with Crippen LogP contribution in [0.2, 0.25) is 10.0 Å². The first-order valence-electron chi connectivity index (χ1n) is 7.85. The lowest BCUT2D eigenvalue weighted by atomic mass is 10.1. The van der Waals surface area contributed by atoms with Gasteiger partial charge < -0.3 is 10.2 Å². The average Bonchev–Trinajstić information content (AvgIpc) is 2.55. The van der Waals surface area contributed by atoms with E-state index in [-0.39, 0.29) is 24.3 Å². The van der Waals surface area contributed by atoms with Gasteiger partial charge in [0.25, 0.3) is 0 Å². The van der Waals surface area contributed by atoms with Gasteiger partial charge in [0, 0.05) is 29.7 Å². The van der Waals surface area contributed by atoms with Crippen LogP contribution in [0.4, 0.5) is 5.69 Å². The van der Waals surface area contributed by atoms with Crippen molar-refractivity contribution in [1.82, 2.24) is 4.90 Å². The molecule has 0 aliphatic heterocycles. The summed E-state index contributed by atoms with van der Waals surface area (Å²) in [6.07, 6.45) is 0.270. The zero-order valence-corrected chi connectivity index (χ0v) is 15.9. The van der Waals surface area contributed by atoms with Crippen molar-refractivity contribution in [2.24, 2.45) is 0 Å². The van der Waals surface area contributed by atoms with Gasteiger partial charge in [0.2, 0.25) is 11.8 Å². The number of nitrogens with one attached hydrogen (secondary N) is 1. The van der Waals surface area contributed by atoms with E-state index < -0.39 is 0 Å². The quantitative estimate of drug-likeness (QED) is 0.818. The third kappa shape index (κ3) is 5.21. The molecule has 2 rings (SSSR count). The Morgan fingerprint density at radius 3 is 2.32 bits per heavy atom. The summed E-state index contributed by atoms with van der Waals surface area (Å²) in [5.41, 5.74) is 2.43. The monoisotopic (exact) mass is 378 g/mol. The minimum absolute atomic E-state index is 0.0224. The number of hydrogen-bond acceptors (Lipinski definition) is 2. The number of likely N-dealkylation sites (N-methyl/N-ethyl adjacent to an activating group) is 1. The highest BCUT2D eigenvalue weighted by molar-refractivity contribution is 6.35. The Hall–Kier alpha value is -2.04. The lowest BCUT2D eigenvalue weighted by Gasteiger charge is -2.26. The number of hydrogen-bond donors (Lipinski definition) is 1. The van der Waals surface area contributed by atoms with Crippen molar-refractivity contribution in [2.45, 2.75) is 26.3 Å². The fourth-order valence-electron chi connectivity index (χ4n) is 2.47. The van der Waals surface area contributed by atoms with Crippen LogP contribution < -0.4 is 5.32 Å². The third-order valence-corrected chi connectivity index (χ3v) is 4.58. The van der Waals surface area contributed by atoms with Gasteiger partial charge in [-0.2, -0.15) is 0 Å². The second-order valence-electron chi connectivity index (χ2n) is 5.90. The van der Waals surface area contributed by atoms with Crippen LogP contribution in [0, 0.1) is 0 Å². The summed E-state index contributed by atoms with van der Waals surface area (Å²) in [5.74, 6) is -0.150. The fourth-order valence-corrected chi connectivity index (χ4v) is 3.04. The number of carbonyl (C=O) groups excluding carboxylic acids is 2. The van der Waals surface area contributed by atoms with E-state index >= 15 is 0 Å². The molecule has 0 heterocycles. The van der Waals surface area contributed by atoms with E-state index in [9.17, 15) is 9.59 Å². The topological polar surface area (TPSA) is 49.4 Å². The summed E-state index contributed by atoms with van der Waals surface area (Å²) in [7, 11) is 1.75. The van der Waals surface area contributed by atoms with Gasteiger partial charge in [-0.25, -0.2) is 0 Å². The molecule has 132 valence electrons. The molecule has 0 radical (unpaired) electrons. The number of amides is 2. The Morgan fingerprint density at radius 1 is 1.12 bits per heavy atom. The molecule has 1 atom stereocenters. The molecule has 2 amide bonds. The molecule has 0 aliphatic rings. The SMILES string of the molecule is CC(=O)Nc1ccc(CC(=O)N(C)C(C)c2ccc(Cl)cc2Cl)cc1. The fraction of sp³-hybridized carbons (Fsp3) is 0.263. The number of anilines is 1. The molecule has 0 saturated carbocycles. The molecule has 0 fully saturated rings. The van der Waals surface area contributed by atoms with E-state index in [4.69, 9.17) is 23.2 Å². The standard InChI is InChI=1S/C19H20Cl2N2O2/c1-12(17-9-6-15(20)11-18(17)21)23(3)19(25)10-14-4-7-16(8-5-14)22-13(2)24/h4-9,11-12H,10H2,1-3H3,(H,22,24). The van der Waals surface area contributed by atoms with E-state index in [0.29, 0.717) is 15.7 Å². The summed E-state index contributed by atoms with van der Waals surface area (Å²) in [4.78, 5) is 25.3. The van der Waals surface area contributed by atoms with Gasteiger partial charge in [-0.3, -0.25) is 9.59 Å². The smallest absolute Gasteiger partial charge is 0.227 e. The van der Waals surface area contributed by atoms with Gasteiger partial charge in [-0.05, 0) is 42.3 Å². The van der Waals surface area contributed by atoms with E-state index in [1.54, 1.807) is 36.2 Å². The average molecular weight is 379 g/mol. The van der Waals surface area contributed by atoms with Crippen LogP contribution >= 0.6 is 23.2 Å². The van der Waals surface area contributed by atoms with Crippen LogP contribution in [0.3, 0.4) is 0 Å². The lowest BCUT2D eigenvalue weighted by molar-refractivity contribution is -0.131. The van der Waals surface area contributed by atoms with Crippen LogP contribution in [0.25, 0.3) is 0 Å². The summed E-state index contributed by atoms with van der Waals surface area (Å²) < 4.78 is 0. The van der Waals surface area contributed by atoms with E-state index in [0.717, 1.165) is 11.1 Å². The molecule has 0 saturated heterocycles. The van der Waals surface area contributed by atoms with Crippen molar-refractivity contribution in [3.05, 3.63) is 63.6 Å². The first-order chi connectivity index (χ1) is 11.8. The van der Waals surface area contributed by atoms with Crippen LogP contribution in [0.1, 0.15) is 31.0 Å². The van der Waals surface area contributed by atoms with Gasteiger partial charge in [0.15, 0.2) is 0 Å². The molecule has 0 aromatic heterocycles. The second-order valence-corrected chi connectivity index (χ2v) is 6.74. The molecule has 4 nitrogen and oxygen atoms in total. The maximum absolute atomic E-state index is 12.6. The molecule has 6 heteroatoms. The van der Waals surface area contributed by atoms with E-state index in [1.165, 1.54) is 6.92 Å². The Balaban J connectivity index is 2.05. The van der Waals surface area contributed by atoms with Crippen molar-refractivity contribution in [2.75, 3.05) is 12.4 Å². The van der Waals surface area contributed by atoms with Gasteiger partial charge in [0.05, 0.1) is 12.5 Å². The Labute approximate surface area is 157 Å². The first-order valence-corrected chi connectivity index (χ1v) is 8.60. The number of halogens is 2. The summed E-state index contributed by atoms with van der Waals surface area (Å²) in [5, 5.41) is 3.80. The van der Waals surface area contributed by atoms with E-state index in [2.05, 4.69) is 5.32 Å². The van der Waals surface area contributed by atoms with E-state index in [1.807, 2.05) is 25.1 Å². The van der Waals surface area contributed by atoms with Gasteiger partial charge >= 0.3 is 0 Å². The third-order valence-electron chi connectivity index (χ3n) is 4.02. The minimum Gasteiger partial charge on any atom is -0.339 e. The van der Waals surface area contributed by atoms with Crippen molar-refractivity contribution < 1.29 is 9.59 Å². The highest BCUT2D eigenvalue weighted by atomic mass is 35.5. The molecule has 0 bridgehead atoms. The summed E-state index contributed by atoms with van der Waals surface area (Å²) in [6.45, 7) is 3.38. The first kappa shape index (κ1) is 19.3.